The maximum atomic E-state index is 5.61. The monoisotopic (exact) mass is 238 g/mol. The molecule has 1 saturated heterocycles. The minimum Gasteiger partial charge on any atom is -0.379 e. The lowest BCUT2D eigenvalue weighted by Crippen LogP contribution is -2.51. The zero-order valence-electron chi connectivity index (χ0n) is 11.0. The topological polar surface area (TPSA) is 33.3 Å². The molecular formula is C14H26N2O. The van der Waals surface area contributed by atoms with Crippen molar-refractivity contribution in [3.05, 3.63) is 0 Å². The fourth-order valence-corrected chi connectivity index (χ4v) is 3.57. The SMILES string of the molecule is CC1CC1CNC1CCCC1C1COCCN1. The largest absolute Gasteiger partial charge is 0.379 e. The summed E-state index contributed by atoms with van der Waals surface area (Å²) in [6, 6.07) is 1.34. The molecule has 17 heavy (non-hydrogen) atoms. The van der Waals surface area contributed by atoms with Gasteiger partial charge in [-0.1, -0.05) is 13.3 Å². The molecule has 5 unspecified atom stereocenters. The number of hydrogen-bond acceptors (Lipinski definition) is 3. The smallest absolute Gasteiger partial charge is 0.0623 e. The molecule has 3 aliphatic rings. The van der Waals surface area contributed by atoms with Gasteiger partial charge >= 0.3 is 0 Å². The van der Waals surface area contributed by atoms with E-state index in [-0.39, 0.29) is 0 Å². The summed E-state index contributed by atoms with van der Waals surface area (Å²) < 4.78 is 5.61. The Kier molecular flexibility index (Phi) is 3.69. The van der Waals surface area contributed by atoms with E-state index in [1.807, 2.05) is 0 Å². The van der Waals surface area contributed by atoms with Gasteiger partial charge < -0.3 is 15.4 Å². The number of nitrogens with one attached hydrogen (secondary N) is 2. The van der Waals surface area contributed by atoms with Gasteiger partial charge in [-0.3, -0.25) is 0 Å². The molecule has 3 heteroatoms. The zero-order valence-corrected chi connectivity index (χ0v) is 11.0. The minimum atomic E-state index is 0.598. The van der Waals surface area contributed by atoms with Gasteiger partial charge in [0.2, 0.25) is 0 Å². The van der Waals surface area contributed by atoms with Gasteiger partial charge in [-0.05, 0) is 43.6 Å². The highest BCUT2D eigenvalue weighted by Crippen LogP contribution is 2.38. The van der Waals surface area contributed by atoms with Crippen molar-refractivity contribution >= 4 is 0 Å². The summed E-state index contributed by atoms with van der Waals surface area (Å²) in [7, 11) is 0. The van der Waals surface area contributed by atoms with E-state index in [0.717, 1.165) is 43.6 Å². The molecule has 1 heterocycles. The Morgan fingerprint density at radius 2 is 2.24 bits per heavy atom. The van der Waals surface area contributed by atoms with Crippen molar-refractivity contribution in [3.63, 3.8) is 0 Å². The number of ether oxygens (including phenoxy) is 1. The standard InChI is InChI=1S/C14H26N2O/c1-10-7-11(10)8-16-13-4-2-3-12(13)14-9-17-6-5-15-14/h10-16H,2-9H2,1H3. The van der Waals surface area contributed by atoms with Crippen LogP contribution in [-0.2, 0) is 4.74 Å². The van der Waals surface area contributed by atoms with E-state index in [1.165, 1.54) is 32.2 Å². The van der Waals surface area contributed by atoms with Crippen LogP contribution in [-0.4, -0.2) is 38.4 Å². The lowest BCUT2D eigenvalue weighted by Gasteiger charge is -2.33. The van der Waals surface area contributed by atoms with E-state index in [0.29, 0.717) is 6.04 Å². The second-order valence-corrected chi connectivity index (χ2v) is 6.22. The molecule has 1 aliphatic heterocycles. The van der Waals surface area contributed by atoms with Crippen molar-refractivity contribution in [2.45, 2.75) is 44.7 Å². The molecule has 2 aliphatic carbocycles. The molecule has 3 rings (SSSR count). The second kappa shape index (κ2) is 5.25. The first-order valence-electron chi connectivity index (χ1n) is 7.39. The first kappa shape index (κ1) is 11.9. The van der Waals surface area contributed by atoms with Crippen molar-refractivity contribution < 1.29 is 4.74 Å². The maximum Gasteiger partial charge on any atom is 0.0623 e. The summed E-state index contributed by atoms with van der Waals surface area (Å²) in [5, 5.41) is 7.46. The van der Waals surface area contributed by atoms with Crippen LogP contribution in [0.25, 0.3) is 0 Å². The van der Waals surface area contributed by atoms with E-state index in [4.69, 9.17) is 4.74 Å². The van der Waals surface area contributed by atoms with Gasteiger partial charge in [0.05, 0.1) is 13.2 Å². The van der Waals surface area contributed by atoms with Gasteiger partial charge in [-0.15, -0.1) is 0 Å². The first-order chi connectivity index (χ1) is 8.34. The summed E-state index contributed by atoms with van der Waals surface area (Å²) in [6.07, 6.45) is 5.57. The van der Waals surface area contributed by atoms with Crippen LogP contribution in [0, 0.1) is 17.8 Å². The highest BCUT2D eigenvalue weighted by molar-refractivity contribution is 4.94. The van der Waals surface area contributed by atoms with Gasteiger partial charge in [0.15, 0.2) is 0 Å². The van der Waals surface area contributed by atoms with E-state index < -0.39 is 0 Å². The molecule has 0 spiro atoms. The molecule has 0 bridgehead atoms. The molecule has 3 nitrogen and oxygen atoms in total. The fourth-order valence-electron chi connectivity index (χ4n) is 3.57. The van der Waals surface area contributed by atoms with Gasteiger partial charge in [0, 0.05) is 18.6 Å². The fraction of sp³-hybridized carbons (Fsp3) is 1.00. The summed E-state index contributed by atoms with van der Waals surface area (Å²) in [6.45, 7) is 6.46. The Morgan fingerprint density at radius 1 is 1.35 bits per heavy atom. The van der Waals surface area contributed by atoms with Crippen molar-refractivity contribution in [1.82, 2.24) is 10.6 Å². The maximum absolute atomic E-state index is 5.61. The molecule has 0 radical (unpaired) electrons. The van der Waals surface area contributed by atoms with E-state index in [9.17, 15) is 0 Å². The van der Waals surface area contributed by atoms with Gasteiger partial charge in [0.25, 0.3) is 0 Å². The van der Waals surface area contributed by atoms with E-state index in [2.05, 4.69) is 17.6 Å². The van der Waals surface area contributed by atoms with Gasteiger partial charge in [0.1, 0.15) is 0 Å². The van der Waals surface area contributed by atoms with Crippen LogP contribution in [0.1, 0.15) is 32.6 Å². The number of rotatable bonds is 4. The van der Waals surface area contributed by atoms with Crippen LogP contribution in [0.15, 0.2) is 0 Å². The Balaban J connectivity index is 1.48. The molecule has 2 saturated carbocycles. The third kappa shape index (κ3) is 2.83. The molecule has 0 aromatic rings. The third-order valence-electron chi connectivity index (χ3n) is 4.95. The Hall–Kier alpha value is -0.120. The van der Waals surface area contributed by atoms with Crippen LogP contribution in [0.2, 0.25) is 0 Å². The van der Waals surface area contributed by atoms with E-state index in [1.54, 1.807) is 0 Å². The van der Waals surface area contributed by atoms with Crippen LogP contribution in [0.5, 0.6) is 0 Å². The molecule has 0 amide bonds. The summed E-state index contributed by atoms with van der Waals surface area (Å²) in [5.74, 6) is 2.73. The second-order valence-electron chi connectivity index (χ2n) is 6.22. The average molecular weight is 238 g/mol. The van der Waals surface area contributed by atoms with Crippen LogP contribution in [0.4, 0.5) is 0 Å². The van der Waals surface area contributed by atoms with Crippen molar-refractivity contribution in [3.8, 4) is 0 Å². The zero-order chi connectivity index (χ0) is 11.7. The summed E-state index contributed by atoms with van der Waals surface area (Å²) >= 11 is 0. The predicted molar refractivity (Wildman–Crippen MR) is 69.0 cm³/mol. The summed E-state index contributed by atoms with van der Waals surface area (Å²) in [4.78, 5) is 0. The Morgan fingerprint density at radius 3 is 2.94 bits per heavy atom. The number of morpholine rings is 1. The van der Waals surface area contributed by atoms with Gasteiger partial charge in [-0.2, -0.15) is 0 Å². The molecular weight excluding hydrogens is 212 g/mol. The average Bonchev–Trinajstić information content (AvgIpc) is 2.90. The van der Waals surface area contributed by atoms with Gasteiger partial charge in [-0.25, -0.2) is 0 Å². The molecule has 3 fully saturated rings. The molecule has 0 aromatic heterocycles. The molecule has 98 valence electrons. The normalized spacial score (nSPS) is 46.1. The molecule has 5 atom stereocenters. The Bertz CT molecular complexity index is 253. The summed E-state index contributed by atoms with van der Waals surface area (Å²) in [5.41, 5.74) is 0. The Labute approximate surface area is 105 Å². The van der Waals surface area contributed by atoms with Crippen molar-refractivity contribution in [2.75, 3.05) is 26.3 Å². The number of hydrogen-bond donors (Lipinski definition) is 2. The van der Waals surface area contributed by atoms with Crippen LogP contribution >= 0.6 is 0 Å². The lowest BCUT2D eigenvalue weighted by atomic mass is 9.94. The van der Waals surface area contributed by atoms with Crippen LogP contribution in [0.3, 0.4) is 0 Å². The van der Waals surface area contributed by atoms with Crippen LogP contribution < -0.4 is 10.6 Å². The van der Waals surface area contributed by atoms with Crippen molar-refractivity contribution in [1.29, 1.82) is 0 Å². The quantitative estimate of drug-likeness (QED) is 0.776. The molecule has 0 aromatic carbocycles. The predicted octanol–water partition coefficient (Wildman–Crippen LogP) is 1.39. The van der Waals surface area contributed by atoms with E-state index >= 15 is 0 Å². The third-order valence-corrected chi connectivity index (χ3v) is 4.95. The highest BCUT2D eigenvalue weighted by atomic mass is 16.5. The molecule has 2 N–H and O–H groups in total. The lowest BCUT2D eigenvalue weighted by molar-refractivity contribution is 0.0524. The minimum absolute atomic E-state index is 0.598. The van der Waals surface area contributed by atoms with Crippen molar-refractivity contribution in [2.24, 2.45) is 17.8 Å². The first-order valence-corrected chi connectivity index (χ1v) is 7.39. The highest BCUT2D eigenvalue weighted by Gasteiger charge is 2.37.